The van der Waals surface area contributed by atoms with Crippen molar-refractivity contribution in [1.29, 1.82) is 0 Å². The molecule has 1 aromatic heterocycles. The number of rotatable bonds is 5. The predicted molar refractivity (Wildman–Crippen MR) is 296 cm³/mol. The van der Waals surface area contributed by atoms with Crippen LogP contribution in [0.3, 0.4) is 0 Å². The Kier molecular flexibility index (Phi) is 13.9. The Balaban J connectivity index is 0.000000131. The van der Waals surface area contributed by atoms with E-state index in [2.05, 4.69) is 249 Å². The van der Waals surface area contributed by atoms with Gasteiger partial charge < -0.3 is 4.42 Å². The highest BCUT2D eigenvalue weighted by molar-refractivity contribution is 6.06. The molecular formula is C68H62O. The first-order chi connectivity index (χ1) is 33.7. The number of fused-ring (bicyclic) bond motifs is 8. The zero-order chi connectivity index (χ0) is 47.9. The minimum absolute atomic E-state index is 0.325. The van der Waals surface area contributed by atoms with Gasteiger partial charge in [-0.25, -0.2) is 0 Å². The largest absolute Gasteiger partial charge is 0.456 e. The van der Waals surface area contributed by atoms with Crippen molar-refractivity contribution in [1.82, 2.24) is 0 Å². The van der Waals surface area contributed by atoms with E-state index in [4.69, 9.17) is 4.42 Å². The van der Waals surface area contributed by atoms with Gasteiger partial charge in [0.1, 0.15) is 11.2 Å². The highest BCUT2D eigenvalue weighted by Crippen LogP contribution is 2.58. The minimum atomic E-state index is -0.325. The molecule has 0 atom stereocenters. The first kappa shape index (κ1) is 46.4. The van der Waals surface area contributed by atoms with Crippen LogP contribution in [0.15, 0.2) is 235 Å². The van der Waals surface area contributed by atoms with E-state index in [0.717, 1.165) is 17.6 Å². The molecule has 0 amide bonds. The zero-order valence-electron chi connectivity index (χ0n) is 41.1. The predicted octanol–water partition coefficient (Wildman–Crippen LogP) is 18.7. The monoisotopic (exact) mass is 894 g/mol. The van der Waals surface area contributed by atoms with E-state index in [0.29, 0.717) is 5.92 Å². The molecule has 0 unspecified atom stereocenters. The molecular weight excluding hydrogens is 833 g/mol. The first-order valence-electron chi connectivity index (χ1n) is 24.5. The smallest absolute Gasteiger partial charge is 0.135 e. The van der Waals surface area contributed by atoms with E-state index in [1.54, 1.807) is 0 Å². The van der Waals surface area contributed by atoms with Crippen LogP contribution in [0.4, 0.5) is 0 Å². The van der Waals surface area contributed by atoms with Crippen LogP contribution in [0.1, 0.15) is 82.3 Å². The lowest BCUT2D eigenvalue weighted by Crippen LogP contribution is -2.28. The summed E-state index contributed by atoms with van der Waals surface area (Å²) in [4.78, 5) is 0. The van der Waals surface area contributed by atoms with Crippen molar-refractivity contribution in [2.24, 2.45) is 0 Å². The maximum Gasteiger partial charge on any atom is 0.135 e. The van der Waals surface area contributed by atoms with E-state index >= 15 is 0 Å². The van der Waals surface area contributed by atoms with Gasteiger partial charge in [-0.3, -0.25) is 0 Å². The second-order valence-corrected chi connectivity index (χ2v) is 18.7. The molecule has 0 spiro atoms. The van der Waals surface area contributed by atoms with E-state index < -0.39 is 0 Å². The second-order valence-electron chi connectivity index (χ2n) is 18.7. The molecule has 0 bridgehead atoms. The summed E-state index contributed by atoms with van der Waals surface area (Å²) < 4.78 is 5.75. The molecule has 0 aliphatic heterocycles. The Morgan fingerprint density at radius 2 is 0.942 bits per heavy atom. The molecule has 0 saturated heterocycles. The first-order valence-corrected chi connectivity index (χ1v) is 24.5. The highest BCUT2D eigenvalue weighted by Gasteiger charge is 2.46. The second kappa shape index (κ2) is 20.6. The molecule has 0 radical (unpaired) electrons. The lowest BCUT2D eigenvalue weighted by atomic mass is 9.67. The van der Waals surface area contributed by atoms with Crippen LogP contribution >= 0.6 is 0 Å². The number of benzene rings is 10. The van der Waals surface area contributed by atoms with Gasteiger partial charge >= 0.3 is 0 Å². The molecule has 11 aromatic rings. The van der Waals surface area contributed by atoms with Crippen LogP contribution in [0, 0.1) is 27.7 Å². The third-order valence-electron chi connectivity index (χ3n) is 13.7. The summed E-state index contributed by atoms with van der Waals surface area (Å²) in [6.07, 6.45) is 1.06. The zero-order valence-corrected chi connectivity index (χ0v) is 41.1. The Bertz CT molecular complexity index is 3440. The molecule has 10 aromatic carbocycles. The van der Waals surface area contributed by atoms with Gasteiger partial charge in [-0.2, -0.15) is 0 Å². The van der Waals surface area contributed by atoms with Crippen molar-refractivity contribution in [2.45, 2.75) is 66.2 Å². The fourth-order valence-electron chi connectivity index (χ4n) is 10.3. The average Bonchev–Trinajstić information content (AvgIpc) is 3.91. The van der Waals surface area contributed by atoms with Gasteiger partial charge in [0.15, 0.2) is 0 Å². The SMILES string of the molecule is CCc1ccc2oc3ccccc3c2c1.Cc1ccc2c(c1)C(c1ccccc1)(c1ccccc1)c1cc(C)c3ccccc3c1-2.Cc1ccccc1.Cc1ccccc1-c1ccccc1C(C)C. The van der Waals surface area contributed by atoms with Gasteiger partial charge in [0.25, 0.3) is 0 Å². The molecule has 1 nitrogen and oxygen atoms in total. The van der Waals surface area contributed by atoms with Crippen molar-refractivity contribution < 1.29 is 4.42 Å². The van der Waals surface area contributed by atoms with Crippen molar-refractivity contribution in [2.75, 3.05) is 0 Å². The number of hydrogen-bond acceptors (Lipinski definition) is 1. The number of furan rings is 1. The van der Waals surface area contributed by atoms with E-state index in [9.17, 15) is 0 Å². The molecule has 69 heavy (non-hydrogen) atoms. The summed E-state index contributed by atoms with van der Waals surface area (Å²) in [6.45, 7) is 15.4. The van der Waals surface area contributed by atoms with E-state index in [-0.39, 0.29) is 5.41 Å². The molecule has 1 aliphatic carbocycles. The summed E-state index contributed by atoms with van der Waals surface area (Å²) >= 11 is 0. The maximum absolute atomic E-state index is 5.75. The van der Waals surface area contributed by atoms with Gasteiger partial charge in [0.2, 0.25) is 0 Å². The Labute approximate surface area is 409 Å². The number of hydrogen-bond donors (Lipinski definition) is 0. The summed E-state index contributed by atoms with van der Waals surface area (Å²) in [5.41, 5.74) is 20.6. The normalized spacial score (nSPS) is 12.0. The lowest BCUT2D eigenvalue weighted by Gasteiger charge is -2.34. The molecule has 1 aliphatic rings. The molecule has 1 heteroatoms. The Hall–Kier alpha value is -7.74. The highest BCUT2D eigenvalue weighted by atomic mass is 16.3. The van der Waals surface area contributed by atoms with Crippen LogP contribution in [0.25, 0.3) is 55.0 Å². The third kappa shape index (κ3) is 9.31. The van der Waals surface area contributed by atoms with Crippen molar-refractivity contribution in [3.63, 3.8) is 0 Å². The molecule has 340 valence electrons. The van der Waals surface area contributed by atoms with E-state index in [1.807, 2.05) is 30.3 Å². The Morgan fingerprint density at radius 1 is 0.391 bits per heavy atom. The molecule has 0 saturated carbocycles. The van der Waals surface area contributed by atoms with Gasteiger partial charge in [0, 0.05) is 10.8 Å². The molecule has 1 heterocycles. The van der Waals surface area contributed by atoms with E-state index in [1.165, 1.54) is 99.4 Å². The Morgan fingerprint density at radius 3 is 1.57 bits per heavy atom. The van der Waals surface area contributed by atoms with Crippen LogP contribution < -0.4 is 0 Å². The van der Waals surface area contributed by atoms with Gasteiger partial charge in [-0.15, -0.1) is 0 Å². The number of aryl methyl sites for hydroxylation is 5. The van der Waals surface area contributed by atoms with Gasteiger partial charge in [-0.1, -0.05) is 244 Å². The van der Waals surface area contributed by atoms with Crippen LogP contribution in [-0.4, -0.2) is 0 Å². The standard InChI is InChI=1S/C31H24.C16H18.C14H12O.C7H8/c1-21-17-18-27-28(19-21)31(23-11-5-3-6-12-23,24-13-7-4-8-14-24)29-20-22(2)25-15-9-10-16-26(25)30(27)29;1-12(2)14-9-6-7-11-16(14)15-10-5-4-8-13(15)3;1-2-10-7-8-14-12(9-10)11-5-3-4-6-13(11)15-14;1-7-5-3-2-4-6-7/h3-20H,1-2H3;4-12H,1-3H3;3-9H,2H2,1H3;2-6H,1H3. The summed E-state index contributed by atoms with van der Waals surface area (Å²) in [6, 6.07) is 82.5. The van der Waals surface area contributed by atoms with Crippen LogP contribution in [0.2, 0.25) is 0 Å². The third-order valence-corrected chi connectivity index (χ3v) is 13.7. The summed E-state index contributed by atoms with van der Waals surface area (Å²) in [5, 5.41) is 5.12. The van der Waals surface area contributed by atoms with Gasteiger partial charge in [0.05, 0.1) is 5.41 Å². The van der Waals surface area contributed by atoms with Crippen molar-refractivity contribution in [3.8, 4) is 22.3 Å². The van der Waals surface area contributed by atoms with Crippen LogP contribution in [-0.2, 0) is 11.8 Å². The van der Waals surface area contributed by atoms with Crippen molar-refractivity contribution >= 4 is 32.7 Å². The fraction of sp³-hybridized carbons (Fsp3) is 0.147. The average molecular weight is 895 g/mol. The number of para-hydroxylation sites is 1. The molecule has 0 fully saturated rings. The molecule has 0 N–H and O–H groups in total. The quantitative estimate of drug-likeness (QED) is 0.168. The maximum atomic E-state index is 5.75. The van der Waals surface area contributed by atoms with Crippen molar-refractivity contribution in [3.05, 3.63) is 286 Å². The van der Waals surface area contributed by atoms with Gasteiger partial charge in [-0.05, 0) is 136 Å². The minimum Gasteiger partial charge on any atom is -0.456 e. The lowest BCUT2D eigenvalue weighted by molar-refractivity contribution is 0.669. The van der Waals surface area contributed by atoms with Crippen LogP contribution in [0.5, 0.6) is 0 Å². The topological polar surface area (TPSA) is 13.1 Å². The fourth-order valence-corrected chi connectivity index (χ4v) is 10.3. The summed E-state index contributed by atoms with van der Waals surface area (Å²) in [5.74, 6) is 0.566. The summed E-state index contributed by atoms with van der Waals surface area (Å²) in [7, 11) is 0. The molecule has 12 rings (SSSR count).